The van der Waals surface area contributed by atoms with Crippen molar-refractivity contribution in [1.82, 2.24) is 4.90 Å². The number of rotatable bonds is 6. The van der Waals surface area contributed by atoms with E-state index in [2.05, 4.69) is 0 Å². The number of aliphatic hydroxyl groups is 1. The molecule has 0 radical (unpaired) electrons. The summed E-state index contributed by atoms with van der Waals surface area (Å²) < 4.78 is 16.5. The monoisotopic (exact) mass is 511 g/mol. The summed E-state index contributed by atoms with van der Waals surface area (Å²) in [5.41, 5.74) is -2.57. The van der Waals surface area contributed by atoms with Gasteiger partial charge in [0.25, 0.3) is 5.91 Å². The van der Waals surface area contributed by atoms with Gasteiger partial charge in [-0.05, 0) is 71.4 Å². The first-order valence-electron chi connectivity index (χ1n) is 12.3. The van der Waals surface area contributed by atoms with E-state index in [4.69, 9.17) is 14.2 Å². The zero-order chi connectivity index (χ0) is 27.6. The van der Waals surface area contributed by atoms with Crippen LogP contribution in [-0.2, 0) is 24.7 Å². The minimum Gasteiger partial charge on any atom is -0.497 e. The van der Waals surface area contributed by atoms with Crippen molar-refractivity contribution in [3.8, 4) is 5.75 Å². The van der Waals surface area contributed by atoms with E-state index in [9.17, 15) is 19.5 Å². The Labute approximate surface area is 218 Å². The van der Waals surface area contributed by atoms with E-state index in [1.54, 1.807) is 96.1 Å². The Balaban J connectivity index is 2.14. The van der Waals surface area contributed by atoms with Gasteiger partial charge >= 0.3 is 11.9 Å². The van der Waals surface area contributed by atoms with Gasteiger partial charge in [0, 0.05) is 11.5 Å². The summed E-state index contributed by atoms with van der Waals surface area (Å²) in [4.78, 5) is 41.6. The van der Waals surface area contributed by atoms with Gasteiger partial charge in [-0.3, -0.25) is 9.59 Å². The first-order chi connectivity index (χ1) is 17.1. The number of hydrogen-bond acceptors (Lipinski definition) is 7. The van der Waals surface area contributed by atoms with Crippen molar-refractivity contribution in [2.75, 3.05) is 13.7 Å². The molecular formula is C29H37NO7. The van der Waals surface area contributed by atoms with Crippen LogP contribution in [0, 0.1) is 5.92 Å². The molecule has 8 heteroatoms. The average Bonchev–Trinajstić information content (AvgIpc) is 3.10. The van der Waals surface area contributed by atoms with Crippen LogP contribution in [0.2, 0.25) is 0 Å². The minimum absolute atomic E-state index is 0.218. The molecule has 0 aliphatic carbocycles. The van der Waals surface area contributed by atoms with Crippen LogP contribution in [0.3, 0.4) is 0 Å². The molecule has 0 saturated carbocycles. The van der Waals surface area contributed by atoms with Crippen LogP contribution in [-0.4, -0.2) is 58.8 Å². The third kappa shape index (κ3) is 6.68. The Morgan fingerprint density at radius 1 is 0.919 bits per heavy atom. The molecule has 200 valence electrons. The maximum Gasteiger partial charge on any atom is 0.329 e. The second-order valence-corrected chi connectivity index (χ2v) is 11.3. The molecule has 1 saturated heterocycles. The van der Waals surface area contributed by atoms with Gasteiger partial charge in [-0.1, -0.05) is 30.3 Å². The zero-order valence-corrected chi connectivity index (χ0v) is 22.6. The summed E-state index contributed by atoms with van der Waals surface area (Å²) in [5.74, 6) is -2.19. The number of likely N-dealkylation sites (tertiary alicyclic amines) is 1. The van der Waals surface area contributed by atoms with E-state index in [0.717, 1.165) is 0 Å². The molecule has 0 unspecified atom stereocenters. The lowest BCUT2D eigenvalue weighted by Gasteiger charge is -2.32. The predicted octanol–water partition coefficient (Wildman–Crippen LogP) is 4.10. The third-order valence-electron chi connectivity index (χ3n) is 6.07. The van der Waals surface area contributed by atoms with E-state index in [1.807, 2.05) is 0 Å². The van der Waals surface area contributed by atoms with E-state index < -0.39 is 46.6 Å². The normalized spacial score (nSPS) is 21.9. The summed E-state index contributed by atoms with van der Waals surface area (Å²) >= 11 is 0. The molecule has 3 rings (SSSR count). The molecule has 1 amide bonds. The third-order valence-corrected chi connectivity index (χ3v) is 6.07. The number of carbonyl (C=O) groups excluding carboxylic acids is 3. The molecule has 1 aliphatic heterocycles. The molecule has 2 aromatic rings. The number of hydrogen-bond donors (Lipinski definition) is 1. The van der Waals surface area contributed by atoms with Gasteiger partial charge in [0.1, 0.15) is 28.6 Å². The van der Waals surface area contributed by atoms with E-state index in [1.165, 1.54) is 12.0 Å². The maximum absolute atomic E-state index is 13.7. The Morgan fingerprint density at radius 2 is 1.49 bits per heavy atom. The van der Waals surface area contributed by atoms with Crippen LogP contribution < -0.4 is 4.74 Å². The second kappa shape index (κ2) is 10.5. The van der Waals surface area contributed by atoms with E-state index in [0.29, 0.717) is 16.9 Å². The van der Waals surface area contributed by atoms with E-state index >= 15 is 0 Å². The molecule has 8 nitrogen and oxygen atoms in total. The number of amides is 1. The number of benzene rings is 2. The highest BCUT2D eigenvalue weighted by molar-refractivity contribution is 5.97. The number of β-amino-alcohol motifs (C(OH)–C–C–N with tert-alkyl or cyclic N) is 1. The molecule has 3 atom stereocenters. The van der Waals surface area contributed by atoms with Gasteiger partial charge in [0.15, 0.2) is 0 Å². The lowest BCUT2D eigenvalue weighted by Crippen LogP contribution is -2.47. The molecule has 0 aromatic heterocycles. The van der Waals surface area contributed by atoms with Gasteiger partial charge in [0.2, 0.25) is 0 Å². The largest absolute Gasteiger partial charge is 0.497 e. The maximum atomic E-state index is 13.7. The standard InChI is InChI=1S/C29H37NO7/c1-27(2,3)36-23(31)17-22-24(26(33)37-28(4,5)6)30(25(32)19-11-9-8-10-12-19)18-29(22,34)20-13-15-21(35-7)16-14-20/h8-16,22,24,34H,17-18H2,1-7H3/t22-,24+,29+/m1/s1. The molecule has 1 heterocycles. The summed E-state index contributed by atoms with van der Waals surface area (Å²) in [6.45, 7) is 10.2. The number of nitrogens with zero attached hydrogens (tertiary/aromatic N) is 1. The molecule has 1 fully saturated rings. The van der Waals surface area contributed by atoms with Crippen LogP contribution in [0.5, 0.6) is 5.75 Å². The first-order valence-corrected chi connectivity index (χ1v) is 12.3. The Kier molecular flexibility index (Phi) is 8.03. The van der Waals surface area contributed by atoms with Crippen LogP contribution in [0.1, 0.15) is 63.9 Å². The first kappa shape index (κ1) is 28.2. The minimum atomic E-state index is -1.74. The average molecular weight is 512 g/mol. The van der Waals surface area contributed by atoms with Crippen LogP contribution in [0.4, 0.5) is 0 Å². The van der Waals surface area contributed by atoms with Crippen molar-refractivity contribution >= 4 is 17.8 Å². The zero-order valence-electron chi connectivity index (χ0n) is 22.6. The van der Waals surface area contributed by atoms with Gasteiger partial charge in [-0.2, -0.15) is 0 Å². The molecule has 0 spiro atoms. The van der Waals surface area contributed by atoms with Crippen molar-refractivity contribution in [2.24, 2.45) is 5.92 Å². The lowest BCUT2D eigenvalue weighted by molar-refractivity contribution is -0.165. The summed E-state index contributed by atoms with van der Waals surface area (Å²) in [5, 5.41) is 12.2. The SMILES string of the molecule is COc1ccc([C@@]2(O)CN(C(=O)c3ccccc3)[C@H](C(=O)OC(C)(C)C)[C@H]2CC(=O)OC(C)(C)C)cc1. The van der Waals surface area contributed by atoms with Gasteiger partial charge in [-0.15, -0.1) is 0 Å². The van der Waals surface area contributed by atoms with Crippen LogP contribution in [0.15, 0.2) is 54.6 Å². The Morgan fingerprint density at radius 3 is 2.00 bits per heavy atom. The molecule has 1 N–H and O–H groups in total. The molecule has 2 aromatic carbocycles. The molecule has 37 heavy (non-hydrogen) atoms. The smallest absolute Gasteiger partial charge is 0.329 e. The van der Waals surface area contributed by atoms with Crippen molar-refractivity contribution in [1.29, 1.82) is 0 Å². The van der Waals surface area contributed by atoms with Crippen molar-refractivity contribution in [2.45, 2.75) is 70.8 Å². The highest BCUT2D eigenvalue weighted by Crippen LogP contribution is 2.45. The second-order valence-electron chi connectivity index (χ2n) is 11.3. The van der Waals surface area contributed by atoms with Crippen molar-refractivity contribution in [3.63, 3.8) is 0 Å². The number of methoxy groups -OCH3 is 1. The molecule has 1 aliphatic rings. The van der Waals surface area contributed by atoms with Crippen LogP contribution >= 0.6 is 0 Å². The fraction of sp³-hybridized carbons (Fsp3) is 0.483. The fourth-order valence-corrected chi connectivity index (χ4v) is 4.58. The van der Waals surface area contributed by atoms with Gasteiger partial charge < -0.3 is 24.2 Å². The van der Waals surface area contributed by atoms with Gasteiger partial charge in [-0.25, -0.2) is 4.79 Å². The van der Waals surface area contributed by atoms with Crippen LogP contribution in [0.25, 0.3) is 0 Å². The highest BCUT2D eigenvalue weighted by Gasteiger charge is 2.58. The van der Waals surface area contributed by atoms with Crippen molar-refractivity contribution < 1.29 is 33.7 Å². The van der Waals surface area contributed by atoms with Crippen molar-refractivity contribution in [3.05, 3.63) is 65.7 Å². The predicted molar refractivity (Wildman–Crippen MR) is 138 cm³/mol. The Hall–Kier alpha value is -3.39. The number of esters is 2. The van der Waals surface area contributed by atoms with E-state index in [-0.39, 0.29) is 13.0 Å². The molecule has 0 bridgehead atoms. The summed E-state index contributed by atoms with van der Waals surface area (Å²) in [6, 6.07) is 14.0. The molecular weight excluding hydrogens is 474 g/mol. The quantitative estimate of drug-likeness (QED) is 0.583. The highest BCUT2D eigenvalue weighted by atomic mass is 16.6. The lowest BCUT2D eigenvalue weighted by atomic mass is 9.78. The topological polar surface area (TPSA) is 102 Å². The summed E-state index contributed by atoms with van der Waals surface area (Å²) in [7, 11) is 1.53. The number of ether oxygens (including phenoxy) is 3. The summed E-state index contributed by atoms with van der Waals surface area (Å²) in [6.07, 6.45) is -0.303. The Bertz CT molecular complexity index is 1120. The fourth-order valence-electron chi connectivity index (χ4n) is 4.58. The van der Waals surface area contributed by atoms with Gasteiger partial charge in [0.05, 0.1) is 20.1 Å². The number of carbonyl (C=O) groups is 3.